The minimum Gasteiger partial charge on any atom is -0.454 e. The Bertz CT molecular complexity index is 927. The van der Waals surface area contributed by atoms with Gasteiger partial charge < -0.3 is 9.72 Å². The van der Waals surface area contributed by atoms with Gasteiger partial charge in [0, 0.05) is 33.2 Å². The lowest BCUT2D eigenvalue weighted by atomic mass is 10.1. The van der Waals surface area contributed by atoms with Crippen LogP contribution in [0.15, 0.2) is 65.3 Å². The van der Waals surface area contributed by atoms with Gasteiger partial charge in [-0.25, -0.2) is 4.79 Å². The maximum absolute atomic E-state index is 12.2. The second-order valence-electron chi connectivity index (χ2n) is 5.17. The van der Waals surface area contributed by atoms with Crippen LogP contribution in [0.4, 0.5) is 0 Å². The maximum Gasteiger partial charge on any atom is 0.331 e. The second-order valence-corrected chi connectivity index (χ2v) is 6.08. The van der Waals surface area contributed by atoms with Crippen molar-refractivity contribution in [1.82, 2.24) is 4.98 Å². The standard InChI is InChI=1S/C19H14BrNO3/c20-14-5-3-4-13(10-14)8-9-19(23)24-12-18(22)16-11-21-17-7-2-1-6-15(16)17/h1-11,21H,12H2/b9-8+. The molecule has 3 aromatic rings. The predicted octanol–water partition coefficient (Wildman–Crippen LogP) is 4.37. The molecule has 0 saturated carbocycles. The molecule has 0 atom stereocenters. The minimum absolute atomic E-state index is 0.239. The molecule has 0 aliphatic carbocycles. The SMILES string of the molecule is O=C(/C=C/c1cccc(Br)c1)OCC(=O)c1c[nH]c2ccccc12. The number of Topliss-reactive ketones (excluding diaryl/α,β-unsaturated/α-hetero) is 1. The Balaban J connectivity index is 1.61. The third kappa shape index (κ3) is 3.81. The highest BCUT2D eigenvalue weighted by atomic mass is 79.9. The van der Waals surface area contributed by atoms with Gasteiger partial charge in [0.1, 0.15) is 0 Å². The number of H-pyrrole nitrogens is 1. The number of ketones is 1. The number of ether oxygens (including phenoxy) is 1. The molecule has 0 aliphatic heterocycles. The topological polar surface area (TPSA) is 59.2 Å². The number of fused-ring (bicyclic) bond motifs is 1. The van der Waals surface area contributed by atoms with Crippen LogP contribution in [0.25, 0.3) is 17.0 Å². The fourth-order valence-electron chi connectivity index (χ4n) is 2.34. The van der Waals surface area contributed by atoms with Crippen LogP contribution in [-0.4, -0.2) is 23.3 Å². The summed E-state index contributed by atoms with van der Waals surface area (Å²) in [7, 11) is 0. The largest absolute Gasteiger partial charge is 0.454 e. The molecule has 3 rings (SSSR count). The molecule has 120 valence electrons. The van der Waals surface area contributed by atoms with Crippen LogP contribution >= 0.6 is 15.9 Å². The van der Waals surface area contributed by atoms with E-state index in [0.29, 0.717) is 5.56 Å². The van der Waals surface area contributed by atoms with Crippen molar-refractivity contribution in [3.63, 3.8) is 0 Å². The van der Waals surface area contributed by atoms with Crippen molar-refractivity contribution in [2.45, 2.75) is 0 Å². The van der Waals surface area contributed by atoms with Gasteiger partial charge in [0.15, 0.2) is 6.61 Å². The second kappa shape index (κ2) is 7.27. The molecule has 1 aromatic heterocycles. The molecule has 0 bridgehead atoms. The first kappa shape index (κ1) is 16.2. The van der Waals surface area contributed by atoms with Crippen molar-refractivity contribution in [2.75, 3.05) is 6.61 Å². The average molecular weight is 384 g/mol. The fourth-order valence-corrected chi connectivity index (χ4v) is 2.76. The molecule has 24 heavy (non-hydrogen) atoms. The van der Waals surface area contributed by atoms with E-state index < -0.39 is 5.97 Å². The number of rotatable bonds is 5. The van der Waals surface area contributed by atoms with E-state index in [-0.39, 0.29) is 12.4 Å². The molecule has 0 amide bonds. The summed E-state index contributed by atoms with van der Waals surface area (Å²) in [5.74, 6) is -0.792. The molecule has 0 aliphatic rings. The summed E-state index contributed by atoms with van der Waals surface area (Å²) in [5, 5.41) is 0.822. The first-order chi connectivity index (χ1) is 11.6. The van der Waals surface area contributed by atoms with Gasteiger partial charge in [-0.1, -0.05) is 46.3 Å². The number of carbonyl (C=O) groups is 2. The van der Waals surface area contributed by atoms with E-state index in [0.717, 1.165) is 20.9 Å². The third-order valence-electron chi connectivity index (χ3n) is 3.50. The summed E-state index contributed by atoms with van der Waals surface area (Å²) in [6.45, 7) is -0.288. The Hall–Kier alpha value is -2.66. The van der Waals surface area contributed by atoms with E-state index in [4.69, 9.17) is 4.74 Å². The summed E-state index contributed by atoms with van der Waals surface area (Å²) < 4.78 is 5.95. The zero-order valence-electron chi connectivity index (χ0n) is 12.7. The highest BCUT2D eigenvalue weighted by molar-refractivity contribution is 9.10. The summed E-state index contributed by atoms with van der Waals surface area (Å²) in [4.78, 5) is 27.0. The molecule has 0 radical (unpaired) electrons. The number of nitrogens with one attached hydrogen (secondary N) is 1. The van der Waals surface area contributed by atoms with Crippen LogP contribution in [0.2, 0.25) is 0 Å². The molecule has 0 fully saturated rings. The van der Waals surface area contributed by atoms with Crippen molar-refractivity contribution in [1.29, 1.82) is 0 Å². The van der Waals surface area contributed by atoms with Crippen molar-refractivity contribution >= 4 is 44.7 Å². The van der Waals surface area contributed by atoms with E-state index in [9.17, 15) is 9.59 Å². The quantitative estimate of drug-likeness (QED) is 0.404. The monoisotopic (exact) mass is 383 g/mol. The lowest BCUT2D eigenvalue weighted by molar-refractivity contribution is -0.136. The molecule has 1 N–H and O–H groups in total. The third-order valence-corrected chi connectivity index (χ3v) is 3.99. The first-order valence-corrected chi connectivity index (χ1v) is 8.12. The van der Waals surface area contributed by atoms with Gasteiger partial charge in [-0.2, -0.15) is 0 Å². The van der Waals surface area contributed by atoms with E-state index in [1.807, 2.05) is 48.5 Å². The minimum atomic E-state index is -0.553. The first-order valence-electron chi connectivity index (χ1n) is 7.33. The Morgan fingerprint density at radius 2 is 1.96 bits per heavy atom. The number of halogens is 1. The fraction of sp³-hybridized carbons (Fsp3) is 0.0526. The number of hydrogen-bond acceptors (Lipinski definition) is 3. The van der Waals surface area contributed by atoms with Crippen LogP contribution in [-0.2, 0) is 9.53 Å². The van der Waals surface area contributed by atoms with Gasteiger partial charge in [-0.05, 0) is 29.8 Å². The van der Waals surface area contributed by atoms with Gasteiger partial charge in [0.25, 0.3) is 0 Å². The average Bonchev–Trinajstić information content (AvgIpc) is 3.02. The van der Waals surface area contributed by atoms with Crippen LogP contribution in [0.5, 0.6) is 0 Å². The summed E-state index contributed by atoms with van der Waals surface area (Å²) >= 11 is 3.36. The van der Waals surface area contributed by atoms with E-state index in [1.165, 1.54) is 6.08 Å². The Morgan fingerprint density at radius 3 is 2.79 bits per heavy atom. The number of aromatic amines is 1. The number of esters is 1. The van der Waals surface area contributed by atoms with Gasteiger partial charge in [0.2, 0.25) is 5.78 Å². The lowest BCUT2D eigenvalue weighted by Crippen LogP contribution is -2.12. The summed E-state index contributed by atoms with van der Waals surface area (Å²) in [5.41, 5.74) is 2.26. The van der Waals surface area contributed by atoms with Crippen molar-refractivity contribution in [3.8, 4) is 0 Å². The Kier molecular flexibility index (Phi) is 4.91. The van der Waals surface area contributed by atoms with Crippen LogP contribution in [0.3, 0.4) is 0 Å². The molecule has 5 heteroatoms. The summed E-state index contributed by atoms with van der Waals surface area (Å²) in [6.07, 6.45) is 4.59. The summed E-state index contributed by atoms with van der Waals surface area (Å²) in [6, 6.07) is 15.0. The van der Waals surface area contributed by atoms with E-state index in [1.54, 1.807) is 12.3 Å². The van der Waals surface area contributed by atoms with Crippen LogP contribution in [0, 0.1) is 0 Å². The number of benzene rings is 2. The molecule has 1 heterocycles. The molecule has 0 saturated heterocycles. The van der Waals surface area contributed by atoms with E-state index >= 15 is 0 Å². The molecular weight excluding hydrogens is 370 g/mol. The van der Waals surface area contributed by atoms with Gasteiger partial charge in [-0.3, -0.25) is 4.79 Å². The Morgan fingerprint density at radius 1 is 1.12 bits per heavy atom. The Labute approximate surface area is 147 Å². The van der Waals surface area contributed by atoms with Gasteiger partial charge >= 0.3 is 5.97 Å². The number of hydrogen-bond donors (Lipinski definition) is 1. The van der Waals surface area contributed by atoms with Gasteiger partial charge in [-0.15, -0.1) is 0 Å². The highest BCUT2D eigenvalue weighted by Gasteiger charge is 2.13. The van der Waals surface area contributed by atoms with Gasteiger partial charge in [0.05, 0.1) is 0 Å². The number of aromatic nitrogens is 1. The maximum atomic E-state index is 12.2. The lowest BCUT2D eigenvalue weighted by Gasteiger charge is -2.01. The smallest absolute Gasteiger partial charge is 0.331 e. The molecule has 2 aromatic carbocycles. The van der Waals surface area contributed by atoms with Crippen molar-refractivity contribution < 1.29 is 14.3 Å². The molecular formula is C19H14BrNO3. The van der Waals surface area contributed by atoms with Crippen molar-refractivity contribution in [2.24, 2.45) is 0 Å². The van der Waals surface area contributed by atoms with Crippen LogP contribution in [0.1, 0.15) is 15.9 Å². The molecule has 4 nitrogen and oxygen atoms in total. The zero-order chi connectivity index (χ0) is 16.9. The normalized spacial score (nSPS) is 11.0. The number of para-hydroxylation sites is 1. The molecule has 0 spiro atoms. The predicted molar refractivity (Wildman–Crippen MR) is 96.8 cm³/mol. The number of carbonyl (C=O) groups excluding carboxylic acids is 2. The highest BCUT2D eigenvalue weighted by Crippen LogP contribution is 2.18. The zero-order valence-corrected chi connectivity index (χ0v) is 14.2. The molecule has 0 unspecified atom stereocenters. The van der Waals surface area contributed by atoms with Crippen molar-refractivity contribution in [3.05, 3.63) is 76.4 Å². The van der Waals surface area contributed by atoms with E-state index in [2.05, 4.69) is 20.9 Å². The van der Waals surface area contributed by atoms with Crippen LogP contribution < -0.4 is 0 Å².